The first kappa shape index (κ1) is 32.2. The van der Waals surface area contributed by atoms with Gasteiger partial charge in [0.15, 0.2) is 5.78 Å². The number of esters is 1. The van der Waals surface area contributed by atoms with Crippen molar-refractivity contribution in [2.24, 2.45) is 0 Å². The van der Waals surface area contributed by atoms with Gasteiger partial charge in [0.1, 0.15) is 6.04 Å². The normalized spacial score (nSPS) is 12.3. The summed E-state index contributed by atoms with van der Waals surface area (Å²) >= 11 is 5.97. The Morgan fingerprint density at radius 1 is 0.864 bits per heavy atom. The number of halogens is 4. The van der Waals surface area contributed by atoms with Gasteiger partial charge in [-0.15, -0.1) is 0 Å². The van der Waals surface area contributed by atoms with E-state index in [0.29, 0.717) is 16.1 Å². The summed E-state index contributed by atoms with van der Waals surface area (Å²) in [5.74, 6) is -1.91. The van der Waals surface area contributed by atoms with Gasteiger partial charge in [-0.25, -0.2) is 4.79 Å². The topological polar surface area (TPSA) is 72.5 Å². The lowest BCUT2D eigenvalue weighted by molar-refractivity contribution is -0.147. The number of ether oxygens (including phenoxy) is 1. The van der Waals surface area contributed by atoms with Crippen LogP contribution in [0.2, 0.25) is 5.02 Å². The molecule has 1 N–H and O–H groups in total. The number of hydrogen-bond donors (Lipinski definition) is 1. The van der Waals surface area contributed by atoms with Crippen LogP contribution in [0, 0.1) is 0 Å². The molecule has 0 saturated carbocycles. The second-order valence-electron chi connectivity index (χ2n) is 9.94. The highest BCUT2D eigenvalue weighted by atomic mass is 35.5. The first-order valence-corrected chi connectivity index (χ1v) is 14.2. The molecule has 0 saturated heterocycles. The van der Waals surface area contributed by atoms with Gasteiger partial charge in [-0.3, -0.25) is 9.59 Å². The molecular formula is C35H29ClF3NO4. The second kappa shape index (κ2) is 14.7. The molecule has 4 rings (SSSR count). The third-order valence-electron chi connectivity index (χ3n) is 6.74. The molecule has 0 fully saturated rings. The number of amides is 1. The average molecular weight is 620 g/mol. The zero-order valence-corrected chi connectivity index (χ0v) is 24.5. The van der Waals surface area contributed by atoms with E-state index in [1.54, 1.807) is 55.5 Å². The number of alkyl halides is 3. The zero-order chi connectivity index (χ0) is 31.7. The van der Waals surface area contributed by atoms with Crippen LogP contribution < -0.4 is 5.32 Å². The molecule has 0 aromatic heterocycles. The monoisotopic (exact) mass is 619 g/mol. The van der Waals surface area contributed by atoms with Gasteiger partial charge >= 0.3 is 12.1 Å². The summed E-state index contributed by atoms with van der Waals surface area (Å²) in [5.41, 5.74) is 1.90. The van der Waals surface area contributed by atoms with Gasteiger partial charge in [-0.2, -0.15) is 13.2 Å². The van der Waals surface area contributed by atoms with Crippen molar-refractivity contribution in [3.63, 3.8) is 0 Å². The number of carbonyl (C=O) groups is 3. The lowest BCUT2D eigenvalue weighted by atomic mass is 9.97. The minimum absolute atomic E-state index is 0.0630. The van der Waals surface area contributed by atoms with Gasteiger partial charge in [0.25, 0.3) is 0 Å². The fraction of sp³-hybridized carbons (Fsp3) is 0.171. The highest BCUT2D eigenvalue weighted by molar-refractivity contribution is 6.30. The fourth-order valence-electron chi connectivity index (χ4n) is 4.50. The van der Waals surface area contributed by atoms with E-state index in [-0.39, 0.29) is 24.2 Å². The lowest BCUT2D eigenvalue weighted by Gasteiger charge is -2.19. The molecule has 44 heavy (non-hydrogen) atoms. The van der Waals surface area contributed by atoms with Crippen molar-refractivity contribution in [3.05, 3.63) is 136 Å². The molecule has 1 unspecified atom stereocenters. The Bertz CT molecular complexity index is 1630. The minimum atomic E-state index is -4.60. The fourth-order valence-corrected chi connectivity index (χ4v) is 4.63. The van der Waals surface area contributed by atoms with Crippen molar-refractivity contribution in [2.45, 2.75) is 32.0 Å². The third-order valence-corrected chi connectivity index (χ3v) is 6.99. The van der Waals surface area contributed by atoms with Gasteiger partial charge in [-0.05, 0) is 59.5 Å². The summed E-state index contributed by atoms with van der Waals surface area (Å²) in [6, 6.07) is 26.3. The van der Waals surface area contributed by atoms with E-state index in [4.69, 9.17) is 16.3 Å². The number of hydrogen-bond acceptors (Lipinski definition) is 4. The van der Waals surface area contributed by atoms with Gasteiger partial charge in [-0.1, -0.05) is 90.5 Å². The molecule has 0 aliphatic rings. The molecule has 4 aromatic rings. The van der Waals surface area contributed by atoms with E-state index in [0.717, 1.165) is 23.3 Å². The molecule has 226 valence electrons. The van der Waals surface area contributed by atoms with Gasteiger partial charge in [0, 0.05) is 29.0 Å². The molecule has 1 atom stereocenters. The lowest BCUT2D eigenvalue weighted by Crippen LogP contribution is -2.44. The molecule has 0 aliphatic carbocycles. The van der Waals surface area contributed by atoms with Crippen LogP contribution in [-0.4, -0.2) is 30.3 Å². The maximum atomic E-state index is 13.6. The Morgan fingerprint density at radius 3 is 2.16 bits per heavy atom. The molecule has 0 radical (unpaired) electrons. The number of rotatable bonds is 11. The summed E-state index contributed by atoms with van der Waals surface area (Å²) in [6.07, 6.45) is -3.74. The van der Waals surface area contributed by atoms with Crippen molar-refractivity contribution < 1.29 is 32.3 Å². The van der Waals surface area contributed by atoms with Crippen LogP contribution in [0.15, 0.2) is 109 Å². The first-order valence-electron chi connectivity index (χ1n) is 13.8. The molecule has 1 amide bonds. The van der Waals surface area contributed by atoms with Gasteiger partial charge in [0.2, 0.25) is 5.91 Å². The van der Waals surface area contributed by atoms with E-state index in [1.807, 2.05) is 30.3 Å². The summed E-state index contributed by atoms with van der Waals surface area (Å²) < 4.78 is 45.4. The van der Waals surface area contributed by atoms with Crippen molar-refractivity contribution in [3.8, 4) is 11.1 Å². The van der Waals surface area contributed by atoms with E-state index in [9.17, 15) is 27.6 Å². The number of ketones is 1. The SMILES string of the molecule is CCOC(=O)C(Cc1ccc(Cl)cc1)NC(=O)/C(=C/c1cccc(C(F)(F)F)c1)CC(=O)c1ccc(-c2ccccc2)cc1. The maximum absolute atomic E-state index is 13.6. The number of carbonyl (C=O) groups excluding carboxylic acids is 3. The summed E-state index contributed by atoms with van der Waals surface area (Å²) in [7, 11) is 0. The molecule has 0 aliphatic heterocycles. The minimum Gasteiger partial charge on any atom is -0.464 e. The highest BCUT2D eigenvalue weighted by Crippen LogP contribution is 2.30. The Hall–Kier alpha value is -4.69. The second-order valence-corrected chi connectivity index (χ2v) is 10.4. The predicted octanol–water partition coefficient (Wildman–Crippen LogP) is 7.97. The Labute approximate surface area is 258 Å². The quantitative estimate of drug-likeness (QED) is 0.105. The molecule has 0 bridgehead atoms. The van der Waals surface area contributed by atoms with E-state index in [1.165, 1.54) is 18.2 Å². The Morgan fingerprint density at radius 2 is 1.52 bits per heavy atom. The summed E-state index contributed by atoms with van der Waals surface area (Å²) in [6.45, 7) is 1.69. The van der Waals surface area contributed by atoms with Crippen LogP contribution in [-0.2, 0) is 26.9 Å². The molecule has 0 heterocycles. The smallest absolute Gasteiger partial charge is 0.416 e. The summed E-state index contributed by atoms with van der Waals surface area (Å²) in [5, 5.41) is 3.12. The van der Waals surface area contributed by atoms with Crippen LogP contribution in [0.1, 0.15) is 40.4 Å². The van der Waals surface area contributed by atoms with E-state index < -0.39 is 41.9 Å². The molecule has 9 heteroatoms. The van der Waals surface area contributed by atoms with Crippen LogP contribution in [0.4, 0.5) is 13.2 Å². The zero-order valence-electron chi connectivity index (χ0n) is 23.7. The number of benzene rings is 4. The van der Waals surface area contributed by atoms with E-state index >= 15 is 0 Å². The predicted molar refractivity (Wildman–Crippen MR) is 164 cm³/mol. The van der Waals surface area contributed by atoms with E-state index in [2.05, 4.69) is 5.32 Å². The van der Waals surface area contributed by atoms with Crippen LogP contribution in [0.5, 0.6) is 0 Å². The Kier molecular flexibility index (Phi) is 10.7. The Balaban J connectivity index is 1.64. The maximum Gasteiger partial charge on any atom is 0.416 e. The summed E-state index contributed by atoms with van der Waals surface area (Å²) in [4.78, 5) is 39.8. The van der Waals surface area contributed by atoms with Gasteiger partial charge in [0.05, 0.1) is 12.2 Å². The van der Waals surface area contributed by atoms with Crippen molar-refractivity contribution in [2.75, 3.05) is 6.61 Å². The van der Waals surface area contributed by atoms with Crippen molar-refractivity contribution >= 4 is 35.3 Å². The average Bonchev–Trinajstić information content (AvgIpc) is 3.01. The largest absolute Gasteiger partial charge is 0.464 e. The standard InChI is InChI=1S/C35H29ClF3NO4/c1-2-44-34(43)31(21-23-11-17-30(36)18-12-23)40-33(42)28(19-24-7-6-10-29(20-24)35(37,38)39)22-32(41)27-15-13-26(14-16-27)25-8-4-3-5-9-25/h3-20,31H,2,21-22H2,1H3,(H,40,42)/b28-19+. The van der Waals surface area contributed by atoms with Crippen molar-refractivity contribution in [1.82, 2.24) is 5.32 Å². The molecular weight excluding hydrogens is 591 g/mol. The highest BCUT2D eigenvalue weighted by Gasteiger charge is 2.30. The first-order chi connectivity index (χ1) is 21.0. The molecule has 4 aromatic carbocycles. The number of nitrogens with one attached hydrogen (secondary N) is 1. The van der Waals surface area contributed by atoms with Crippen LogP contribution in [0.25, 0.3) is 17.2 Å². The van der Waals surface area contributed by atoms with Crippen LogP contribution in [0.3, 0.4) is 0 Å². The molecule has 5 nitrogen and oxygen atoms in total. The third kappa shape index (κ3) is 8.91. The van der Waals surface area contributed by atoms with Gasteiger partial charge < -0.3 is 10.1 Å². The van der Waals surface area contributed by atoms with Crippen molar-refractivity contribution in [1.29, 1.82) is 0 Å². The van der Waals surface area contributed by atoms with Crippen LogP contribution >= 0.6 is 11.6 Å². The molecule has 0 spiro atoms. The number of Topliss-reactive ketones (excluding diaryl/α,β-unsaturated/α-hetero) is 1.